The summed E-state index contributed by atoms with van der Waals surface area (Å²) < 4.78 is 0. The van der Waals surface area contributed by atoms with Gasteiger partial charge in [-0.2, -0.15) is 0 Å². The Labute approximate surface area is 158 Å². The quantitative estimate of drug-likeness (QED) is 0.292. The first kappa shape index (κ1) is 24.4. The molecule has 0 aliphatic carbocycles. The van der Waals surface area contributed by atoms with Gasteiger partial charge in [0.2, 0.25) is 5.91 Å². The van der Waals surface area contributed by atoms with Crippen LogP contribution in [-0.4, -0.2) is 37.5 Å². The molecule has 150 valence electrons. The normalized spacial score (nSPS) is 11.2. The van der Waals surface area contributed by atoms with Gasteiger partial charge in [-0.25, -0.2) is 0 Å². The van der Waals surface area contributed by atoms with Gasteiger partial charge in [-0.3, -0.25) is 4.79 Å². The molecule has 25 heavy (non-hydrogen) atoms. The lowest BCUT2D eigenvalue weighted by Gasteiger charge is -2.14. The van der Waals surface area contributed by atoms with E-state index in [1.807, 2.05) is 0 Å². The largest absolute Gasteiger partial charge is 0.356 e. The number of hydrogen-bond donors (Lipinski definition) is 1. The van der Waals surface area contributed by atoms with E-state index >= 15 is 0 Å². The Balaban J connectivity index is 3.20. The average Bonchev–Trinajstić information content (AvgIpc) is 2.59. The average molecular weight is 355 g/mol. The molecule has 0 saturated heterocycles. The van der Waals surface area contributed by atoms with Crippen LogP contribution in [0.25, 0.3) is 0 Å². The van der Waals surface area contributed by atoms with Crippen LogP contribution in [0.4, 0.5) is 0 Å². The number of rotatable bonds is 19. The fraction of sp³-hybridized carbons (Fsp3) is 0.955. The van der Waals surface area contributed by atoms with Crippen molar-refractivity contribution in [2.75, 3.05) is 26.7 Å². The van der Waals surface area contributed by atoms with Gasteiger partial charge >= 0.3 is 0 Å². The molecule has 0 aromatic carbocycles. The summed E-state index contributed by atoms with van der Waals surface area (Å²) in [5.41, 5.74) is 0. The summed E-state index contributed by atoms with van der Waals surface area (Å²) >= 11 is 0. The van der Waals surface area contributed by atoms with E-state index in [2.05, 4.69) is 31.1 Å². The molecule has 3 heteroatoms. The van der Waals surface area contributed by atoms with Crippen LogP contribution in [0.3, 0.4) is 0 Å². The van der Waals surface area contributed by atoms with Gasteiger partial charge in [-0.05, 0) is 45.8 Å². The zero-order valence-corrected chi connectivity index (χ0v) is 17.6. The monoisotopic (exact) mass is 354 g/mol. The topological polar surface area (TPSA) is 32.3 Å². The fourth-order valence-corrected chi connectivity index (χ4v) is 3.27. The first-order valence-electron chi connectivity index (χ1n) is 11.2. The molecule has 0 rings (SSSR count). The van der Waals surface area contributed by atoms with Crippen molar-refractivity contribution < 1.29 is 4.79 Å². The first-order valence-corrected chi connectivity index (χ1v) is 11.2. The van der Waals surface area contributed by atoms with Gasteiger partial charge in [0.15, 0.2) is 0 Å². The number of nitrogens with one attached hydrogen (secondary N) is 1. The Morgan fingerprint density at radius 2 is 1.24 bits per heavy atom. The summed E-state index contributed by atoms with van der Waals surface area (Å²) in [5, 5.41) is 3.07. The summed E-state index contributed by atoms with van der Waals surface area (Å²) in [4.78, 5) is 14.1. The maximum atomic E-state index is 11.8. The van der Waals surface area contributed by atoms with E-state index in [9.17, 15) is 4.79 Å². The van der Waals surface area contributed by atoms with Crippen molar-refractivity contribution in [1.29, 1.82) is 0 Å². The van der Waals surface area contributed by atoms with Gasteiger partial charge in [0.05, 0.1) is 0 Å². The minimum Gasteiger partial charge on any atom is -0.356 e. The van der Waals surface area contributed by atoms with Gasteiger partial charge in [0, 0.05) is 13.0 Å². The molecule has 1 N–H and O–H groups in total. The van der Waals surface area contributed by atoms with E-state index in [-0.39, 0.29) is 5.91 Å². The predicted molar refractivity (Wildman–Crippen MR) is 111 cm³/mol. The molecule has 0 radical (unpaired) electrons. The lowest BCUT2D eigenvalue weighted by Crippen LogP contribution is -2.25. The van der Waals surface area contributed by atoms with Crippen molar-refractivity contribution in [2.45, 2.75) is 110 Å². The maximum absolute atomic E-state index is 11.8. The third-order valence-corrected chi connectivity index (χ3v) is 4.90. The zero-order chi connectivity index (χ0) is 18.6. The summed E-state index contributed by atoms with van der Waals surface area (Å²) in [5.74, 6) is 0.248. The van der Waals surface area contributed by atoms with Crippen molar-refractivity contribution in [3.8, 4) is 0 Å². The third-order valence-electron chi connectivity index (χ3n) is 4.90. The van der Waals surface area contributed by atoms with Crippen LogP contribution in [0.5, 0.6) is 0 Å². The number of carbonyl (C=O) groups excluding carboxylic acids is 1. The van der Waals surface area contributed by atoms with Gasteiger partial charge in [0.25, 0.3) is 0 Å². The number of carbonyl (C=O) groups is 1. The summed E-state index contributed by atoms with van der Waals surface area (Å²) in [6, 6.07) is 0. The molecule has 0 saturated carbocycles. The Kier molecular flexibility index (Phi) is 19.3. The predicted octanol–water partition coefficient (Wildman–Crippen LogP) is 5.93. The molecule has 0 aliphatic heterocycles. The Morgan fingerprint density at radius 1 is 0.680 bits per heavy atom. The number of nitrogens with zero attached hydrogens (tertiary/aromatic N) is 1. The van der Waals surface area contributed by atoms with Gasteiger partial charge in [-0.1, -0.05) is 78.1 Å². The Bertz CT molecular complexity index is 281. The van der Waals surface area contributed by atoms with Crippen LogP contribution in [-0.2, 0) is 4.79 Å². The molecule has 0 atom stereocenters. The van der Waals surface area contributed by atoms with Crippen LogP contribution in [0.2, 0.25) is 0 Å². The molecule has 0 bridgehead atoms. The molecule has 1 amide bonds. The number of unbranched alkanes of at least 4 members (excludes halogenated alkanes) is 11. The van der Waals surface area contributed by atoms with Crippen LogP contribution in [0, 0.1) is 0 Å². The Morgan fingerprint density at radius 3 is 1.80 bits per heavy atom. The zero-order valence-electron chi connectivity index (χ0n) is 17.6. The van der Waals surface area contributed by atoms with Crippen molar-refractivity contribution in [2.24, 2.45) is 0 Å². The highest BCUT2D eigenvalue weighted by atomic mass is 16.1. The van der Waals surface area contributed by atoms with Crippen LogP contribution < -0.4 is 5.32 Å². The molecule has 0 aromatic heterocycles. The van der Waals surface area contributed by atoms with Crippen LogP contribution in [0.1, 0.15) is 110 Å². The molecule has 3 nitrogen and oxygen atoms in total. The second kappa shape index (κ2) is 19.8. The maximum Gasteiger partial charge on any atom is 0.219 e. The SMILES string of the molecule is CCCCCCCCCCCCCC(=O)NCCCCN(C)CCC. The standard InChI is InChI=1S/C22H46N2O/c1-4-6-7-8-9-10-11-12-13-14-15-18-22(25)23-19-16-17-21-24(3)20-5-2/h4-21H2,1-3H3,(H,23,25). The molecule has 0 fully saturated rings. The minimum atomic E-state index is 0.248. The first-order chi connectivity index (χ1) is 12.2. The summed E-state index contributed by atoms with van der Waals surface area (Å²) in [6.45, 7) is 7.64. The highest BCUT2D eigenvalue weighted by Crippen LogP contribution is 2.11. The van der Waals surface area contributed by atoms with Crippen molar-refractivity contribution in [3.63, 3.8) is 0 Å². The van der Waals surface area contributed by atoms with Crippen molar-refractivity contribution in [1.82, 2.24) is 10.2 Å². The van der Waals surface area contributed by atoms with Gasteiger partial charge in [0.1, 0.15) is 0 Å². The van der Waals surface area contributed by atoms with Crippen LogP contribution >= 0.6 is 0 Å². The number of hydrogen-bond acceptors (Lipinski definition) is 2. The van der Waals surface area contributed by atoms with Crippen molar-refractivity contribution in [3.05, 3.63) is 0 Å². The second-order valence-corrected chi connectivity index (χ2v) is 7.65. The molecular weight excluding hydrogens is 308 g/mol. The second-order valence-electron chi connectivity index (χ2n) is 7.65. The highest BCUT2D eigenvalue weighted by molar-refractivity contribution is 5.75. The molecule has 0 heterocycles. The van der Waals surface area contributed by atoms with E-state index in [0.717, 1.165) is 25.9 Å². The Hall–Kier alpha value is -0.570. The summed E-state index contributed by atoms with van der Waals surface area (Å²) in [7, 11) is 2.18. The molecule has 0 aromatic rings. The fourth-order valence-electron chi connectivity index (χ4n) is 3.27. The van der Waals surface area contributed by atoms with E-state index in [4.69, 9.17) is 0 Å². The highest BCUT2D eigenvalue weighted by Gasteiger charge is 2.01. The smallest absolute Gasteiger partial charge is 0.219 e. The summed E-state index contributed by atoms with van der Waals surface area (Å²) in [6.07, 6.45) is 18.9. The van der Waals surface area contributed by atoms with Crippen molar-refractivity contribution >= 4 is 5.91 Å². The van der Waals surface area contributed by atoms with Crippen LogP contribution in [0.15, 0.2) is 0 Å². The molecule has 0 aliphatic rings. The molecule has 0 spiro atoms. The lowest BCUT2D eigenvalue weighted by atomic mass is 10.1. The van der Waals surface area contributed by atoms with Gasteiger partial charge in [-0.15, -0.1) is 0 Å². The van der Waals surface area contributed by atoms with E-state index in [1.165, 1.54) is 83.6 Å². The third kappa shape index (κ3) is 19.6. The van der Waals surface area contributed by atoms with Gasteiger partial charge < -0.3 is 10.2 Å². The lowest BCUT2D eigenvalue weighted by molar-refractivity contribution is -0.121. The molecule has 0 unspecified atom stereocenters. The minimum absolute atomic E-state index is 0.248. The number of amides is 1. The van der Waals surface area contributed by atoms with E-state index < -0.39 is 0 Å². The van der Waals surface area contributed by atoms with E-state index in [1.54, 1.807) is 0 Å². The molecular formula is C22H46N2O. The van der Waals surface area contributed by atoms with E-state index in [0.29, 0.717) is 6.42 Å².